The maximum absolute atomic E-state index is 12.4. The molecule has 0 spiro atoms. The van der Waals surface area contributed by atoms with Crippen LogP contribution in [0.25, 0.3) is 0 Å². The topological polar surface area (TPSA) is 86.8 Å². The number of benzene rings is 1. The van der Waals surface area contributed by atoms with Gasteiger partial charge in [0.2, 0.25) is 12.7 Å². The molecule has 1 N–H and O–H groups in total. The fourth-order valence-corrected chi connectivity index (χ4v) is 4.19. The van der Waals surface area contributed by atoms with Gasteiger partial charge in [-0.1, -0.05) is 11.8 Å². The number of hydrogen-bond donors (Lipinski definition) is 1. The number of carbonyl (C=O) groups excluding carboxylic acids is 2. The number of hydrogen-bond acceptors (Lipinski definition) is 8. The lowest BCUT2D eigenvalue weighted by atomic mass is 10.2. The van der Waals surface area contributed by atoms with E-state index in [1.165, 1.54) is 23.1 Å². The van der Waals surface area contributed by atoms with Gasteiger partial charge < -0.3 is 19.5 Å². The smallest absolute Gasteiger partial charge is 0.311 e. The monoisotopic (exact) mass is 394 g/mol. The standard InChI is InChI=1S/C17H18N2O5S2/c1-3-22-15(20)7-12-8-25-17(19-12)26-10(2)16(21)18-11-4-5-13-14(6-11)24-9-23-13/h4-6,8,10H,3,7,9H2,1-2H3,(H,18,21). The third kappa shape index (κ3) is 4.67. The molecule has 0 aliphatic carbocycles. The fourth-order valence-electron chi connectivity index (χ4n) is 2.21. The van der Waals surface area contributed by atoms with E-state index < -0.39 is 0 Å². The minimum Gasteiger partial charge on any atom is -0.466 e. The molecule has 26 heavy (non-hydrogen) atoms. The van der Waals surface area contributed by atoms with Crippen LogP contribution in [0.4, 0.5) is 5.69 Å². The molecule has 1 aromatic heterocycles. The third-order valence-electron chi connectivity index (χ3n) is 3.45. The van der Waals surface area contributed by atoms with Crippen molar-refractivity contribution < 1.29 is 23.8 Å². The van der Waals surface area contributed by atoms with E-state index in [0.717, 1.165) is 4.34 Å². The van der Waals surface area contributed by atoms with Crippen molar-refractivity contribution in [2.45, 2.75) is 29.9 Å². The summed E-state index contributed by atoms with van der Waals surface area (Å²) in [7, 11) is 0. The van der Waals surface area contributed by atoms with Gasteiger partial charge in [0.05, 0.1) is 24.0 Å². The number of amides is 1. The van der Waals surface area contributed by atoms with Crippen LogP contribution in [0.3, 0.4) is 0 Å². The molecule has 0 radical (unpaired) electrons. The van der Waals surface area contributed by atoms with Crippen molar-refractivity contribution in [3.05, 3.63) is 29.3 Å². The Hall–Kier alpha value is -2.26. The Morgan fingerprint density at radius 3 is 3.00 bits per heavy atom. The Labute approximate surface area is 159 Å². The number of aromatic nitrogens is 1. The molecule has 1 aliphatic heterocycles. The van der Waals surface area contributed by atoms with Crippen LogP contribution in [0, 0.1) is 0 Å². The Bertz CT molecular complexity index is 808. The quantitative estimate of drug-likeness (QED) is 0.570. The highest BCUT2D eigenvalue weighted by Crippen LogP contribution is 2.34. The van der Waals surface area contributed by atoms with Gasteiger partial charge in [-0.25, -0.2) is 4.98 Å². The van der Waals surface area contributed by atoms with Crippen molar-refractivity contribution in [2.24, 2.45) is 0 Å². The van der Waals surface area contributed by atoms with Gasteiger partial charge in [0, 0.05) is 17.1 Å². The number of carbonyl (C=O) groups is 2. The van der Waals surface area contributed by atoms with E-state index in [1.807, 2.05) is 5.38 Å². The molecule has 3 rings (SSSR count). The van der Waals surface area contributed by atoms with Crippen molar-refractivity contribution in [1.29, 1.82) is 0 Å². The molecular weight excluding hydrogens is 376 g/mol. The van der Waals surface area contributed by atoms with Gasteiger partial charge in [-0.05, 0) is 26.0 Å². The largest absolute Gasteiger partial charge is 0.466 e. The number of fused-ring (bicyclic) bond motifs is 1. The lowest BCUT2D eigenvalue weighted by Gasteiger charge is -2.11. The molecule has 0 bridgehead atoms. The molecule has 1 amide bonds. The first kappa shape index (κ1) is 18.5. The van der Waals surface area contributed by atoms with Crippen LogP contribution in [-0.2, 0) is 20.7 Å². The van der Waals surface area contributed by atoms with Crippen LogP contribution in [0.1, 0.15) is 19.5 Å². The van der Waals surface area contributed by atoms with E-state index in [1.54, 1.807) is 32.0 Å². The van der Waals surface area contributed by atoms with Crippen LogP contribution in [0.15, 0.2) is 27.9 Å². The number of thioether (sulfide) groups is 1. The highest BCUT2D eigenvalue weighted by atomic mass is 32.2. The van der Waals surface area contributed by atoms with E-state index in [2.05, 4.69) is 10.3 Å². The average Bonchev–Trinajstić information content (AvgIpc) is 3.23. The predicted molar refractivity (Wildman–Crippen MR) is 99.0 cm³/mol. The Kier molecular flexibility index (Phi) is 6.00. The van der Waals surface area contributed by atoms with E-state index >= 15 is 0 Å². The highest BCUT2D eigenvalue weighted by molar-refractivity contribution is 8.02. The molecule has 0 fully saturated rings. The number of esters is 1. The number of rotatable bonds is 7. The number of nitrogens with one attached hydrogen (secondary N) is 1. The van der Waals surface area contributed by atoms with Crippen molar-refractivity contribution >= 4 is 40.7 Å². The second-order valence-electron chi connectivity index (χ2n) is 5.40. The molecule has 9 heteroatoms. The van der Waals surface area contributed by atoms with Crippen LogP contribution in [-0.4, -0.2) is 35.5 Å². The van der Waals surface area contributed by atoms with E-state index in [4.69, 9.17) is 14.2 Å². The normalized spacial score (nSPS) is 13.3. The van der Waals surface area contributed by atoms with Gasteiger partial charge >= 0.3 is 5.97 Å². The summed E-state index contributed by atoms with van der Waals surface area (Å²) in [6.07, 6.45) is 0.142. The average molecular weight is 394 g/mol. The first-order valence-electron chi connectivity index (χ1n) is 8.02. The molecule has 1 atom stereocenters. The van der Waals surface area contributed by atoms with Gasteiger partial charge in [0.25, 0.3) is 0 Å². The number of ether oxygens (including phenoxy) is 3. The minimum absolute atomic E-state index is 0.142. The first-order valence-corrected chi connectivity index (χ1v) is 9.78. The van der Waals surface area contributed by atoms with Gasteiger partial charge in [-0.15, -0.1) is 11.3 Å². The Balaban J connectivity index is 1.54. The Morgan fingerprint density at radius 2 is 2.19 bits per heavy atom. The second kappa shape index (κ2) is 8.41. The van der Waals surface area contributed by atoms with Crippen LogP contribution >= 0.6 is 23.1 Å². The van der Waals surface area contributed by atoms with Crippen molar-refractivity contribution in [2.75, 3.05) is 18.7 Å². The van der Waals surface area contributed by atoms with Crippen LogP contribution in [0.2, 0.25) is 0 Å². The van der Waals surface area contributed by atoms with Gasteiger partial charge in [-0.3, -0.25) is 9.59 Å². The maximum atomic E-state index is 12.4. The Morgan fingerprint density at radius 1 is 1.38 bits per heavy atom. The summed E-state index contributed by atoms with van der Waals surface area (Å²) in [5.74, 6) is 0.841. The molecule has 7 nitrogen and oxygen atoms in total. The van der Waals surface area contributed by atoms with Gasteiger partial charge in [-0.2, -0.15) is 0 Å². The molecular formula is C17H18N2O5S2. The van der Waals surface area contributed by atoms with Crippen molar-refractivity contribution in [3.8, 4) is 11.5 Å². The molecule has 1 aromatic carbocycles. The number of anilines is 1. The van der Waals surface area contributed by atoms with E-state index in [-0.39, 0.29) is 30.3 Å². The summed E-state index contributed by atoms with van der Waals surface area (Å²) in [4.78, 5) is 28.2. The summed E-state index contributed by atoms with van der Waals surface area (Å²) in [6.45, 7) is 4.11. The lowest BCUT2D eigenvalue weighted by molar-refractivity contribution is -0.142. The van der Waals surface area contributed by atoms with E-state index in [0.29, 0.717) is 29.5 Å². The van der Waals surface area contributed by atoms with Gasteiger partial charge in [0.1, 0.15) is 0 Å². The zero-order valence-corrected chi connectivity index (χ0v) is 15.9. The fraction of sp³-hybridized carbons (Fsp3) is 0.353. The van der Waals surface area contributed by atoms with Gasteiger partial charge in [0.15, 0.2) is 15.8 Å². The van der Waals surface area contributed by atoms with E-state index in [9.17, 15) is 9.59 Å². The second-order valence-corrected chi connectivity index (χ2v) is 7.85. The summed E-state index contributed by atoms with van der Waals surface area (Å²) < 4.78 is 16.2. The third-order valence-corrected chi connectivity index (χ3v) is 5.57. The number of thiazole rings is 1. The highest BCUT2D eigenvalue weighted by Gasteiger charge is 2.19. The summed E-state index contributed by atoms with van der Waals surface area (Å²) >= 11 is 2.75. The summed E-state index contributed by atoms with van der Waals surface area (Å²) in [6, 6.07) is 5.26. The number of nitrogens with zero attached hydrogens (tertiary/aromatic N) is 1. The molecule has 0 saturated carbocycles. The predicted octanol–water partition coefficient (Wildman–Crippen LogP) is 3.10. The zero-order chi connectivity index (χ0) is 18.5. The van der Waals surface area contributed by atoms with Crippen molar-refractivity contribution in [3.63, 3.8) is 0 Å². The zero-order valence-electron chi connectivity index (χ0n) is 14.3. The lowest BCUT2D eigenvalue weighted by Crippen LogP contribution is -2.22. The molecule has 138 valence electrons. The first-order chi connectivity index (χ1) is 12.5. The van der Waals surface area contributed by atoms with Crippen LogP contribution < -0.4 is 14.8 Å². The molecule has 1 aliphatic rings. The maximum Gasteiger partial charge on any atom is 0.311 e. The summed E-state index contributed by atoms with van der Waals surface area (Å²) in [5.41, 5.74) is 1.30. The molecule has 0 saturated heterocycles. The SMILES string of the molecule is CCOC(=O)Cc1csc(SC(C)C(=O)Nc2ccc3c(c2)OCO3)n1. The molecule has 1 unspecified atom stereocenters. The minimum atomic E-state index is -0.345. The summed E-state index contributed by atoms with van der Waals surface area (Å²) in [5, 5.41) is 4.32. The van der Waals surface area contributed by atoms with Crippen molar-refractivity contribution in [1.82, 2.24) is 4.98 Å². The van der Waals surface area contributed by atoms with Crippen LogP contribution in [0.5, 0.6) is 11.5 Å². The molecule has 2 heterocycles. The molecule has 2 aromatic rings.